The number of hydrogen-bond donors (Lipinski definition) is 2. The summed E-state index contributed by atoms with van der Waals surface area (Å²) in [7, 11) is 0. The molecule has 1 fully saturated rings. The largest absolute Gasteiger partial charge is 0.345 e. The van der Waals surface area contributed by atoms with E-state index in [0.717, 1.165) is 31.2 Å². The van der Waals surface area contributed by atoms with E-state index < -0.39 is 11.8 Å². The Hall–Kier alpha value is -1.84. The predicted octanol–water partition coefficient (Wildman–Crippen LogP) is 3.72. The summed E-state index contributed by atoms with van der Waals surface area (Å²) in [5.41, 5.74) is 2.53. The molecule has 0 aromatic heterocycles. The molecule has 0 saturated heterocycles. The normalized spacial score (nSPS) is 20.8. The van der Waals surface area contributed by atoms with E-state index in [4.69, 9.17) is 0 Å². The molecule has 1 aliphatic carbocycles. The minimum Gasteiger partial charge on any atom is -0.345 e. The molecular weight excluding hydrogens is 312 g/mol. The van der Waals surface area contributed by atoms with Crippen LogP contribution in [0.4, 0.5) is 0 Å². The van der Waals surface area contributed by atoms with Gasteiger partial charge in [-0.25, -0.2) is 0 Å². The van der Waals surface area contributed by atoms with Crippen LogP contribution in [-0.2, 0) is 16.1 Å². The highest BCUT2D eigenvalue weighted by molar-refractivity contribution is 6.35. The monoisotopic (exact) mass is 344 g/mol. The van der Waals surface area contributed by atoms with Gasteiger partial charge in [-0.15, -0.1) is 0 Å². The number of rotatable bonds is 5. The minimum atomic E-state index is -0.545. The zero-order valence-corrected chi connectivity index (χ0v) is 16.0. The zero-order chi connectivity index (χ0) is 18.4. The first-order chi connectivity index (χ1) is 11.8. The molecule has 0 unspecified atom stereocenters. The van der Waals surface area contributed by atoms with E-state index in [-0.39, 0.29) is 6.04 Å². The van der Waals surface area contributed by atoms with Gasteiger partial charge in [-0.2, -0.15) is 0 Å². The Bertz CT molecular complexity index is 584. The number of amides is 2. The molecule has 0 radical (unpaired) electrons. The van der Waals surface area contributed by atoms with E-state index in [9.17, 15) is 9.59 Å². The van der Waals surface area contributed by atoms with Gasteiger partial charge in [0.25, 0.3) is 0 Å². The Morgan fingerprint density at radius 1 is 1.04 bits per heavy atom. The van der Waals surface area contributed by atoms with Gasteiger partial charge >= 0.3 is 11.8 Å². The van der Waals surface area contributed by atoms with E-state index in [2.05, 4.69) is 31.4 Å². The summed E-state index contributed by atoms with van der Waals surface area (Å²) in [6.07, 6.45) is 5.35. The van der Waals surface area contributed by atoms with Gasteiger partial charge in [0.1, 0.15) is 0 Å². The second-order valence-electron chi connectivity index (χ2n) is 8.03. The summed E-state index contributed by atoms with van der Waals surface area (Å²) >= 11 is 0. The molecule has 2 N–H and O–H groups in total. The maximum absolute atomic E-state index is 12.1. The lowest BCUT2D eigenvalue weighted by atomic mass is 9.69. The van der Waals surface area contributed by atoms with Crippen LogP contribution in [-0.4, -0.2) is 17.9 Å². The Kier molecular flexibility index (Phi) is 6.63. The van der Waals surface area contributed by atoms with Crippen molar-refractivity contribution in [3.05, 3.63) is 35.4 Å². The lowest BCUT2D eigenvalue weighted by molar-refractivity contribution is -0.139. The summed E-state index contributed by atoms with van der Waals surface area (Å²) in [5, 5.41) is 5.60. The molecular formula is C21H32N2O2. The maximum atomic E-state index is 12.1. The highest BCUT2D eigenvalue weighted by Crippen LogP contribution is 2.40. The smallest absolute Gasteiger partial charge is 0.309 e. The van der Waals surface area contributed by atoms with Crippen molar-refractivity contribution in [1.29, 1.82) is 0 Å². The summed E-state index contributed by atoms with van der Waals surface area (Å²) < 4.78 is 0. The average molecular weight is 344 g/mol. The fourth-order valence-corrected chi connectivity index (χ4v) is 3.53. The lowest BCUT2D eigenvalue weighted by Crippen LogP contribution is -2.46. The van der Waals surface area contributed by atoms with Crippen molar-refractivity contribution in [2.24, 2.45) is 11.3 Å². The fraction of sp³-hybridized carbons (Fsp3) is 0.619. The van der Waals surface area contributed by atoms with E-state index in [1.807, 2.05) is 31.2 Å². The van der Waals surface area contributed by atoms with E-state index in [0.29, 0.717) is 17.9 Å². The van der Waals surface area contributed by atoms with Crippen LogP contribution in [0.5, 0.6) is 0 Å². The third-order valence-electron chi connectivity index (χ3n) is 5.86. The van der Waals surface area contributed by atoms with Crippen molar-refractivity contribution in [2.75, 3.05) is 0 Å². The first-order valence-corrected chi connectivity index (χ1v) is 9.46. The molecule has 0 aliphatic heterocycles. The molecule has 0 bridgehead atoms. The predicted molar refractivity (Wildman–Crippen MR) is 101 cm³/mol. The Balaban J connectivity index is 1.74. The maximum Gasteiger partial charge on any atom is 0.309 e. The summed E-state index contributed by atoms with van der Waals surface area (Å²) in [4.78, 5) is 24.1. The zero-order valence-electron chi connectivity index (χ0n) is 16.0. The Labute approximate surface area is 151 Å². The molecule has 0 heterocycles. The highest BCUT2D eigenvalue weighted by atomic mass is 16.2. The van der Waals surface area contributed by atoms with E-state index in [1.54, 1.807) is 0 Å². The molecule has 4 nitrogen and oxygen atoms in total. The van der Waals surface area contributed by atoms with Crippen molar-refractivity contribution in [1.82, 2.24) is 10.6 Å². The van der Waals surface area contributed by atoms with Gasteiger partial charge in [0.05, 0.1) is 0 Å². The first kappa shape index (κ1) is 19.5. The topological polar surface area (TPSA) is 58.2 Å². The Morgan fingerprint density at radius 3 is 2.20 bits per heavy atom. The van der Waals surface area contributed by atoms with Crippen molar-refractivity contribution < 1.29 is 9.59 Å². The standard InChI is InChI=1S/C21H32N2O2/c1-5-21(3,4)17-10-12-18(13-11-17)23-20(25)19(24)22-14-16-8-6-15(2)7-9-16/h6-9,17-18H,5,10-14H2,1-4H3,(H,22,24)(H,23,25). The Morgan fingerprint density at radius 2 is 1.64 bits per heavy atom. The fourth-order valence-electron chi connectivity index (χ4n) is 3.53. The van der Waals surface area contributed by atoms with Gasteiger partial charge in [-0.05, 0) is 49.5 Å². The SMILES string of the molecule is CCC(C)(C)C1CCC(NC(=O)C(=O)NCc2ccc(C)cc2)CC1. The molecule has 25 heavy (non-hydrogen) atoms. The average Bonchev–Trinajstić information content (AvgIpc) is 2.61. The van der Waals surface area contributed by atoms with Gasteiger partial charge < -0.3 is 10.6 Å². The van der Waals surface area contributed by atoms with Gasteiger partial charge in [0.15, 0.2) is 0 Å². The molecule has 1 aromatic carbocycles. The molecule has 1 aliphatic rings. The molecule has 1 aromatic rings. The lowest BCUT2D eigenvalue weighted by Gasteiger charge is -2.39. The van der Waals surface area contributed by atoms with Crippen LogP contribution in [0.25, 0.3) is 0 Å². The molecule has 0 spiro atoms. The quantitative estimate of drug-likeness (QED) is 0.800. The van der Waals surface area contributed by atoms with Crippen molar-refractivity contribution >= 4 is 11.8 Å². The van der Waals surface area contributed by atoms with Gasteiger partial charge in [0, 0.05) is 12.6 Å². The molecule has 2 rings (SSSR count). The number of carbonyl (C=O) groups excluding carboxylic acids is 2. The van der Waals surface area contributed by atoms with Crippen molar-refractivity contribution in [3.8, 4) is 0 Å². The highest BCUT2D eigenvalue weighted by Gasteiger charge is 2.32. The van der Waals surface area contributed by atoms with Crippen LogP contribution in [0.15, 0.2) is 24.3 Å². The minimum absolute atomic E-state index is 0.126. The van der Waals surface area contributed by atoms with Crippen LogP contribution >= 0.6 is 0 Å². The molecule has 2 amide bonds. The van der Waals surface area contributed by atoms with Crippen LogP contribution in [0.1, 0.15) is 64.0 Å². The van der Waals surface area contributed by atoms with E-state index >= 15 is 0 Å². The van der Waals surface area contributed by atoms with Crippen LogP contribution in [0, 0.1) is 18.3 Å². The van der Waals surface area contributed by atoms with Gasteiger partial charge in [0.2, 0.25) is 0 Å². The molecule has 1 saturated carbocycles. The van der Waals surface area contributed by atoms with Gasteiger partial charge in [-0.3, -0.25) is 9.59 Å². The van der Waals surface area contributed by atoms with Crippen LogP contribution in [0.2, 0.25) is 0 Å². The summed E-state index contributed by atoms with van der Waals surface area (Å²) in [6, 6.07) is 8.05. The third-order valence-corrected chi connectivity index (χ3v) is 5.86. The molecule has 0 atom stereocenters. The van der Waals surface area contributed by atoms with Crippen LogP contribution in [0.3, 0.4) is 0 Å². The third kappa shape index (κ3) is 5.58. The number of hydrogen-bond acceptors (Lipinski definition) is 2. The second kappa shape index (κ2) is 8.50. The summed E-state index contributed by atoms with van der Waals surface area (Å²) in [6.45, 7) is 9.30. The summed E-state index contributed by atoms with van der Waals surface area (Å²) in [5.74, 6) is -0.345. The van der Waals surface area contributed by atoms with Crippen molar-refractivity contribution in [3.63, 3.8) is 0 Å². The number of aryl methyl sites for hydroxylation is 1. The van der Waals surface area contributed by atoms with Crippen LogP contribution < -0.4 is 10.6 Å². The number of carbonyl (C=O) groups is 2. The van der Waals surface area contributed by atoms with E-state index in [1.165, 1.54) is 12.0 Å². The molecule has 4 heteroatoms. The van der Waals surface area contributed by atoms with Gasteiger partial charge in [-0.1, -0.05) is 57.0 Å². The van der Waals surface area contributed by atoms with Crippen molar-refractivity contribution in [2.45, 2.75) is 72.4 Å². The number of nitrogens with one attached hydrogen (secondary N) is 2. The molecule has 138 valence electrons. The second-order valence-corrected chi connectivity index (χ2v) is 8.03. The first-order valence-electron chi connectivity index (χ1n) is 9.46. The number of benzene rings is 1.